The fourth-order valence-corrected chi connectivity index (χ4v) is 2.46. The van der Waals surface area contributed by atoms with Crippen LogP contribution in [0.3, 0.4) is 0 Å². The zero-order chi connectivity index (χ0) is 17.5. The zero-order valence-electron chi connectivity index (χ0n) is 13.8. The van der Waals surface area contributed by atoms with Gasteiger partial charge in [0.2, 0.25) is 5.91 Å². The predicted octanol–water partition coefficient (Wildman–Crippen LogP) is 2.95. The van der Waals surface area contributed by atoms with Gasteiger partial charge in [-0.25, -0.2) is 4.79 Å². The fourth-order valence-electron chi connectivity index (χ4n) is 2.46. The molecule has 0 unspecified atom stereocenters. The minimum Gasteiger partial charge on any atom is -0.496 e. The van der Waals surface area contributed by atoms with Crippen LogP contribution in [0.15, 0.2) is 42.5 Å². The van der Waals surface area contributed by atoms with Gasteiger partial charge in [-0.15, -0.1) is 0 Å². The Hall–Kier alpha value is -2.82. The van der Waals surface area contributed by atoms with Crippen LogP contribution in [0.5, 0.6) is 5.75 Å². The van der Waals surface area contributed by atoms with Crippen LogP contribution in [0.25, 0.3) is 0 Å². The van der Waals surface area contributed by atoms with Crippen molar-refractivity contribution < 1.29 is 19.4 Å². The lowest BCUT2D eigenvalue weighted by atomic mass is 10.0. The molecule has 5 nitrogen and oxygen atoms in total. The van der Waals surface area contributed by atoms with Crippen LogP contribution >= 0.6 is 0 Å². The van der Waals surface area contributed by atoms with Gasteiger partial charge in [-0.3, -0.25) is 4.79 Å². The van der Waals surface area contributed by atoms with Crippen molar-refractivity contribution in [3.8, 4) is 5.75 Å². The number of benzene rings is 2. The largest absolute Gasteiger partial charge is 0.496 e. The Bertz CT molecular complexity index is 740. The van der Waals surface area contributed by atoms with E-state index < -0.39 is 5.97 Å². The molecule has 0 saturated carbocycles. The van der Waals surface area contributed by atoms with Gasteiger partial charge >= 0.3 is 5.97 Å². The number of hydrogen-bond donors (Lipinski definition) is 2. The molecule has 0 bridgehead atoms. The maximum atomic E-state index is 12.0. The SMILES string of the molecule is COc1cc(CNC(=O)CCc2ccccc2C(=O)O)ccc1C. The summed E-state index contributed by atoms with van der Waals surface area (Å²) in [6.45, 7) is 2.37. The molecule has 0 aliphatic carbocycles. The summed E-state index contributed by atoms with van der Waals surface area (Å²) < 4.78 is 5.27. The molecule has 0 radical (unpaired) electrons. The van der Waals surface area contributed by atoms with E-state index in [1.165, 1.54) is 0 Å². The van der Waals surface area contributed by atoms with Gasteiger partial charge in [-0.2, -0.15) is 0 Å². The summed E-state index contributed by atoms with van der Waals surface area (Å²) in [5, 5.41) is 12.0. The number of carboxylic acids is 1. The maximum absolute atomic E-state index is 12.0. The molecule has 2 rings (SSSR count). The lowest BCUT2D eigenvalue weighted by Gasteiger charge is -2.09. The molecule has 0 atom stereocenters. The lowest BCUT2D eigenvalue weighted by molar-refractivity contribution is -0.121. The third-order valence-electron chi connectivity index (χ3n) is 3.83. The number of ether oxygens (including phenoxy) is 1. The molecule has 2 aromatic carbocycles. The van der Waals surface area contributed by atoms with Gasteiger partial charge in [0, 0.05) is 13.0 Å². The Labute approximate surface area is 141 Å². The number of carboxylic acid groups (broad SMARTS) is 1. The van der Waals surface area contributed by atoms with Crippen molar-refractivity contribution in [1.29, 1.82) is 0 Å². The van der Waals surface area contributed by atoms with Crippen molar-refractivity contribution in [3.05, 3.63) is 64.7 Å². The topological polar surface area (TPSA) is 75.6 Å². The van der Waals surface area contributed by atoms with Crippen LogP contribution in [0, 0.1) is 6.92 Å². The first kappa shape index (κ1) is 17.5. The zero-order valence-corrected chi connectivity index (χ0v) is 13.8. The van der Waals surface area contributed by atoms with Crippen molar-refractivity contribution in [3.63, 3.8) is 0 Å². The van der Waals surface area contributed by atoms with Gasteiger partial charge in [0.1, 0.15) is 5.75 Å². The summed E-state index contributed by atoms with van der Waals surface area (Å²) in [5.41, 5.74) is 2.90. The second-order valence-electron chi connectivity index (χ2n) is 5.54. The minimum atomic E-state index is -0.974. The van der Waals surface area contributed by atoms with Crippen LogP contribution in [-0.4, -0.2) is 24.1 Å². The molecule has 126 valence electrons. The third-order valence-corrected chi connectivity index (χ3v) is 3.83. The normalized spacial score (nSPS) is 10.2. The Balaban J connectivity index is 1.89. The molecule has 0 aromatic heterocycles. The highest BCUT2D eigenvalue weighted by molar-refractivity contribution is 5.89. The highest BCUT2D eigenvalue weighted by atomic mass is 16.5. The van der Waals surface area contributed by atoms with E-state index in [4.69, 9.17) is 9.84 Å². The summed E-state index contributed by atoms with van der Waals surface area (Å²) >= 11 is 0. The van der Waals surface area contributed by atoms with E-state index >= 15 is 0 Å². The number of methoxy groups -OCH3 is 1. The predicted molar refractivity (Wildman–Crippen MR) is 91.3 cm³/mol. The number of carbonyl (C=O) groups is 2. The van der Waals surface area contributed by atoms with Crippen LogP contribution in [0.1, 0.15) is 33.5 Å². The molecule has 2 N–H and O–H groups in total. The number of aromatic carboxylic acids is 1. The van der Waals surface area contributed by atoms with Gasteiger partial charge < -0.3 is 15.2 Å². The fraction of sp³-hybridized carbons (Fsp3) is 0.263. The van der Waals surface area contributed by atoms with Gasteiger partial charge in [-0.1, -0.05) is 30.3 Å². The molecule has 5 heteroatoms. The van der Waals surface area contributed by atoms with Crippen molar-refractivity contribution in [1.82, 2.24) is 5.32 Å². The van der Waals surface area contributed by atoms with Gasteiger partial charge in [0.25, 0.3) is 0 Å². The quantitative estimate of drug-likeness (QED) is 0.820. The number of aryl methyl sites for hydroxylation is 2. The highest BCUT2D eigenvalue weighted by Crippen LogP contribution is 2.18. The second-order valence-corrected chi connectivity index (χ2v) is 5.54. The van der Waals surface area contributed by atoms with Gasteiger partial charge in [-0.05, 0) is 42.2 Å². The van der Waals surface area contributed by atoms with E-state index in [1.807, 2.05) is 25.1 Å². The van der Waals surface area contributed by atoms with E-state index in [2.05, 4.69) is 5.32 Å². The maximum Gasteiger partial charge on any atom is 0.335 e. The Kier molecular flexibility index (Phi) is 5.95. The molecule has 24 heavy (non-hydrogen) atoms. The van der Waals surface area contributed by atoms with E-state index in [9.17, 15) is 9.59 Å². The number of hydrogen-bond acceptors (Lipinski definition) is 3. The average molecular weight is 327 g/mol. The van der Waals surface area contributed by atoms with Crippen molar-refractivity contribution in [2.75, 3.05) is 7.11 Å². The average Bonchev–Trinajstić information content (AvgIpc) is 2.59. The van der Waals surface area contributed by atoms with Gasteiger partial charge in [0.05, 0.1) is 12.7 Å². The molecule has 1 amide bonds. The lowest BCUT2D eigenvalue weighted by Crippen LogP contribution is -2.23. The minimum absolute atomic E-state index is 0.116. The van der Waals surface area contributed by atoms with E-state index in [0.717, 1.165) is 16.9 Å². The second kappa shape index (κ2) is 8.15. The molecular weight excluding hydrogens is 306 g/mol. The van der Waals surface area contributed by atoms with Crippen LogP contribution in [0.4, 0.5) is 0 Å². The van der Waals surface area contributed by atoms with Crippen LogP contribution in [0.2, 0.25) is 0 Å². The number of nitrogens with one attached hydrogen (secondary N) is 1. The standard InChI is InChI=1S/C19H21NO4/c1-13-7-8-14(11-17(13)24-2)12-20-18(21)10-9-15-5-3-4-6-16(15)19(22)23/h3-8,11H,9-10,12H2,1-2H3,(H,20,21)(H,22,23). The summed E-state index contributed by atoms with van der Waals surface area (Å²) in [5.74, 6) is -0.301. The number of amides is 1. The molecule has 0 aliphatic heterocycles. The van der Waals surface area contributed by atoms with Gasteiger partial charge in [0.15, 0.2) is 0 Å². The van der Waals surface area contributed by atoms with Crippen LogP contribution in [-0.2, 0) is 17.8 Å². The molecule has 2 aromatic rings. The van der Waals surface area contributed by atoms with Crippen molar-refractivity contribution in [2.45, 2.75) is 26.3 Å². The first-order valence-electron chi connectivity index (χ1n) is 7.72. The molecule has 0 fully saturated rings. The highest BCUT2D eigenvalue weighted by Gasteiger charge is 2.10. The number of rotatable bonds is 7. The van der Waals surface area contributed by atoms with Crippen molar-refractivity contribution >= 4 is 11.9 Å². The molecule has 0 aliphatic rings. The van der Waals surface area contributed by atoms with Crippen LogP contribution < -0.4 is 10.1 Å². The summed E-state index contributed by atoms with van der Waals surface area (Å²) in [6, 6.07) is 12.5. The third kappa shape index (κ3) is 4.59. The summed E-state index contributed by atoms with van der Waals surface area (Å²) in [6.07, 6.45) is 0.638. The Morgan fingerprint density at radius 1 is 1.17 bits per heavy atom. The number of carbonyl (C=O) groups excluding carboxylic acids is 1. The molecule has 0 saturated heterocycles. The molecule has 0 spiro atoms. The first-order valence-corrected chi connectivity index (χ1v) is 7.72. The first-order chi connectivity index (χ1) is 11.5. The Morgan fingerprint density at radius 3 is 2.62 bits per heavy atom. The smallest absolute Gasteiger partial charge is 0.335 e. The molecular formula is C19H21NO4. The van der Waals surface area contributed by atoms with E-state index in [0.29, 0.717) is 18.5 Å². The van der Waals surface area contributed by atoms with E-state index in [1.54, 1.807) is 31.4 Å². The molecule has 0 heterocycles. The monoisotopic (exact) mass is 327 g/mol. The summed E-state index contributed by atoms with van der Waals surface area (Å²) in [7, 11) is 1.62. The summed E-state index contributed by atoms with van der Waals surface area (Å²) in [4.78, 5) is 23.2. The van der Waals surface area contributed by atoms with E-state index in [-0.39, 0.29) is 17.9 Å². The Morgan fingerprint density at radius 2 is 1.92 bits per heavy atom. The van der Waals surface area contributed by atoms with Crippen molar-refractivity contribution in [2.24, 2.45) is 0 Å².